The molecule has 1 fully saturated rings. The van der Waals surface area contributed by atoms with E-state index in [0.29, 0.717) is 5.02 Å². The van der Waals surface area contributed by atoms with Crippen molar-refractivity contribution in [2.24, 2.45) is 5.41 Å². The lowest BCUT2D eigenvalue weighted by Gasteiger charge is -2.43. The van der Waals surface area contributed by atoms with E-state index < -0.39 is 0 Å². The Morgan fingerprint density at radius 3 is 2.52 bits per heavy atom. The lowest BCUT2D eigenvalue weighted by atomic mass is 9.79. The lowest BCUT2D eigenvalue weighted by Crippen LogP contribution is -2.49. The standard InChI is InChI=1S/C15H23ClN2O2.ClH/c1-15(2,10-19)14(18-8-6-17-7-9-18)11-4-3-5-12(16)13(11)20;/h3-5,14,17,19-20H,6-10H2,1-2H3;1H/t14-;/m1./s1. The van der Waals surface area contributed by atoms with Crippen molar-refractivity contribution >= 4 is 24.0 Å². The molecule has 0 radical (unpaired) electrons. The van der Waals surface area contributed by atoms with Crippen molar-refractivity contribution in [2.45, 2.75) is 19.9 Å². The molecule has 0 spiro atoms. The van der Waals surface area contributed by atoms with Crippen molar-refractivity contribution in [3.8, 4) is 5.75 Å². The SMILES string of the molecule is CC(C)(CO)[C@@H](c1cccc(Cl)c1O)N1CCNCC1.Cl. The number of aromatic hydroxyl groups is 1. The fraction of sp³-hybridized carbons (Fsp3) is 0.600. The van der Waals surface area contributed by atoms with E-state index in [2.05, 4.69) is 10.2 Å². The summed E-state index contributed by atoms with van der Waals surface area (Å²) < 4.78 is 0. The zero-order chi connectivity index (χ0) is 14.8. The second-order valence-electron chi connectivity index (χ2n) is 6.01. The molecule has 1 aliphatic heterocycles. The number of aliphatic hydroxyl groups is 1. The first-order chi connectivity index (χ1) is 9.47. The van der Waals surface area contributed by atoms with Crippen LogP contribution in [0.25, 0.3) is 0 Å². The van der Waals surface area contributed by atoms with Gasteiger partial charge < -0.3 is 15.5 Å². The number of piperazine rings is 1. The molecule has 3 N–H and O–H groups in total. The topological polar surface area (TPSA) is 55.7 Å². The average Bonchev–Trinajstić information content (AvgIpc) is 2.45. The minimum atomic E-state index is -0.362. The zero-order valence-electron chi connectivity index (χ0n) is 12.5. The molecule has 1 aromatic carbocycles. The van der Waals surface area contributed by atoms with Gasteiger partial charge in [-0.25, -0.2) is 0 Å². The number of phenols is 1. The molecule has 0 unspecified atom stereocenters. The summed E-state index contributed by atoms with van der Waals surface area (Å²) in [7, 11) is 0. The van der Waals surface area contributed by atoms with Gasteiger partial charge in [0, 0.05) is 49.8 Å². The molecule has 0 bridgehead atoms. The molecule has 0 amide bonds. The molecule has 1 aliphatic rings. The highest BCUT2D eigenvalue weighted by atomic mass is 35.5. The van der Waals surface area contributed by atoms with Crippen molar-refractivity contribution in [1.82, 2.24) is 10.2 Å². The Morgan fingerprint density at radius 2 is 1.95 bits per heavy atom. The van der Waals surface area contributed by atoms with Gasteiger partial charge in [0.15, 0.2) is 0 Å². The summed E-state index contributed by atoms with van der Waals surface area (Å²) in [5.74, 6) is 0.124. The molecule has 0 aromatic heterocycles. The maximum atomic E-state index is 10.3. The predicted octanol–water partition coefficient (Wildman–Crippen LogP) is 2.43. The number of nitrogens with one attached hydrogen (secondary N) is 1. The summed E-state index contributed by atoms with van der Waals surface area (Å²) in [6.45, 7) is 7.69. The molecule has 21 heavy (non-hydrogen) atoms. The maximum absolute atomic E-state index is 10.3. The summed E-state index contributed by atoms with van der Waals surface area (Å²) in [5.41, 5.74) is 0.429. The van der Waals surface area contributed by atoms with E-state index in [-0.39, 0.29) is 36.2 Å². The number of benzene rings is 1. The monoisotopic (exact) mass is 334 g/mol. The molecule has 0 aliphatic carbocycles. The summed E-state index contributed by atoms with van der Waals surface area (Å²) in [5, 5.41) is 23.7. The predicted molar refractivity (Wildman–Crippen MR) is 88.4 cm³/mol. The molecule has 120 valence electrons. The Balaban J connectivity index is 0.00000220. The fourth-order valence-corrected chi connectivity index (χ4v) is 3.07. The molecule has 1 saturated heterocycles. The highest BCUT2D eigenvalue weighted by Crippen LogP contribution is 2.43. The Hall–Kier alpha value is -0.520. The first-order valence-electron chi connectivity index (χ1n) is 7.00. The van der Waals surface area contributed by atoms with Crippen LogP contribution in [0.5, 0.6) is 5.75 Å². The number of nitrogens with zero attached hydrogens (tertiary/aromatic N) is 1. The van der Waals surface area contributed by atoms with Crippen molar-refractivity contribution in [1.29, 1.82) is 0 Å². The third-order valence-corrected chi connectivity index (χ3v) is 4.28. The highest BCUT2D eigenvalue weighted by molar-refractivity contribution is 6.32. The number of hydrogen-bond acceptors (Lipinski definition) is 4. The third-order valence-electron chi connectivity index (χ3n) is 3.98. The van der Waals surface area contributed by atoms with Gasteiger partial charge in [0.1, 0.15) is 5.75 Å². The lowest BCUT2D eigenvalue weighted by molar-refractivity contribution is 0.0293. The van der Waals surface area contributed by atoms with Gasteiger partial charge >= 0.3 is 0 Å². The van der Waals surface area contributed by atoms with E-state index in [0.717, 1.165) is 31.7 Å². The van der Waals surface area contributed by atoms with Crippen LogP contribution in [0.1, 0.15) is 25.5 Å². The van der Waals surface area contributed by atoms with Crippen LogP contribution < -0.4 is 5.32 Å². The van der Waals surface area contributed by atoms with Gasteiger partial charge in [-0.05, 0) is 6.07 Å². The van der Waals surface area contributed by atoms with Crippen LogP contribution in [0.15, 0.2) is 18.2 Å². The minimum Gasteiger partial charge on any atom is -0.506 e. The Kier molecular flexibility index (Phi) is 6.75. The van der Waals surface area contributed by atoms with Crippen LogP contribution in [-0.2, 0) is 0 Å². The van der Waals surface area contributed by atoms with Crippen molar-refractivity contribution in [2.75, 3.05) is 32.8 Å². The summed E-state index contributed by atoms with van der Waals surface area (Å²) in [6.07, 6.45) is 0. The number of hydrogen-bond donors (Lipinski definition) is 3. The van der Waals surface area contributed by atoms with E-state index in [9.17, 15) is 10.2 Å². The van der Waals surface area contributed by atoms with Crippen LogP contribution in [0.2, 0.25) is 5.02 Å². The van der Waals surface area contributed by atoms with Gasteiger partial charge in [-0.3, -0.25) is 4.90 Å². The van der Waals surface area contributed by atoms with E-state index in [1.807, 2.05) is 26.0 Å². The highest BCUT2D eigenvalue weighted by Gasteiger charge is 2.37. The van der Waals surface area contributed by atoms with Crippen molar-refractivity contribution in [3.63, 3.8) is 0 Å². The molecule has 6 heteroatoms. The van der Waals surface area contributed by atoms with Crippen LogP contribution in [0, 0.1) is 5.41 Å². The van der Waals surface area contributed by atoms with Crippen LogP contribution in [0.3, 0.4) is 0 Å². The normalized spacial score (nSPS) is 18.1. The Morgan fingerprint density at radius 1 is 1.33 bits per heavy atom. The van der Waals surface area contributed by atoms with Crippen molar-refractivity contribution < 1.29 is 10.2 Å². The summed E-state index contributed by atoms with van der Waals surface area (Å²) in [4.78, 5) is 2.30. The zero-order valence-corrected chi connectivity index (χ0v) is 14.0. The van der Waals surface area contributed by atoms with E-state index >= 15 is 0 Å². The molecule has 1 aromatic rings. The molecule has 0 saturated carbocycles. The molecule has 1 atom stereocenters. The molecular weight excluding hydrogens is 311 g/mol. The quantitative estimate of drug-likeness (QED) is 0.791. The van der Waals surface area contributed by atoms with Gasteiger partial charge in [0.2, 0.25) is 0 Å². The number of phenolic OH excluding ortho intramolecular Hbond substituents is 1. The number of para-hydroxylation sites is 1. The molecular formula is C15H24Cl2N2O2. The summed E-state index contributed by atoms with van der Waals surface area (Å²) >= 11 is 6.05. The summed E-state index contributed by atoms with van der Waals surface area (Å²) in [6, 6.07) is 5.36. The van der Waals surface area contributed by atoms with Gasteiger partial charge in [-0.1, -0.05) is 37.6 Å². The second-order valence-corrected chi connectivity index (χ2v) is 6.42. The Labute approximate surface area is 137 Å². The Bertz CT molecular complexity index is 463. The smallest absolute Gasteiger partial charge is 0.138 e. The van der Waals surface area contributed by atoms with Gasteiger partial charge in [-0.2, -0.15) is 0 Å². The second kappa shape index (κ2) is 7.65. The van der Waals surface area contributed by atoms with Crippen LogP contribution >= 0.6 is 24.0 Å². The maximum Gasteiger partial charge on any atom is 0.138 e. The largest absolute Gasteiger partial charge is 0.506 e. The molecule has 2 rings (SSSR count). The molecule has 1 heterocycles. The number of halogens is 2. The minimum absolute atomic E-state index is 0. The van der Waals surface area contributed by atoms with Gasteiger partial charge in [0.25, 0.3) is 0 Å². The van der Waals surface area contributed by atoms with E-state index in [1.165, 1.54) is 0 Å². The van der Waals surface area contributed by atoms with E-state index in [1.54, 1.807) is 6.07 Å². The van der Waals surface area contributed by atoms with Crippen LogP contribution in [0.4, 0.5) is 0 Å². The number of aliphatic hydroxyl groups excluding tert-OH is 1. The third kappa shape index (κ3) is 4.02. The van der Waals surface area contributed by atoms with Crippen molar-refractivity contribution in [3.05, 3.63) is 28.8 Å². The average molecular weight is 335 g/mol. The van der Waals surface area contributed by atoms with E-state index in [4.69, 9.17) is 11.6 Å². The molecule has 4 nitrogen and oxygen atoms in total. The first kappa shape index (κ1) is 18.5. The first-order valence-corrected chi connectivity index (χ1v) is 7.38. The van der Waals surface area contributed by atoms with Crippen LogP contribution in [-0.4, -0.2) is 47.9 Å². The van der Waals surface area contributed by atoms with Gasteiger partial charge in [-0.15, -0.1) is 12.4 Å². The number of rotatable bonds is 4. The fourth-order valence-electron chi connectivity index (χ4n) is 2.89. The van der Waals surface area contributed by atoms with Gasteiger partial charge in [0.05, 0.1) is 5.02 Å².